The van der Waals surface area contributed by atoms with Gasteiger partial charge in [-0.2, -0.15) is 4.31 Å². The Kier molecular flexibility index (Phi) is 6.94. The molecule has 164 valence electrons. The number of piperidine rings is 1. The number of nitrogens with one attached hydrogen (secondary N) is 1. The van der Waals surface area contributed by atoms with E-state index in [2.05, 4.69) is 11.4 Å². The Hall–Kier alpha value is -1.66. The molecule has 1 saturated heterocycles. The number of allylic oxidation sites excluding steroid dienone is 1. The summed E-state index contributed by atoms with van der Waals surface area (Å²) in [6.45, 7) is 1.53. The first-order chi connectivity index (χ1) is 14.5. The molecule has 0 radical (unpaired) electrons. The van der Waals surface area contributed by atoms with Gasteiger partial charge < -0.3 is 5.32 Å². The second-order valence-corrected chi connectivity index (χ2v) is 10.9. The SMILES string of the molecule is O=C(NCCC1=CCCCC1)C1CCN(S(=O)(=O)c2ccc3c(c2)CCCC3)CC1. The number of aryl methyl sites for hydroxylation is 2. The van der Waals surface area contributed by atoms with E-state index < -0.39 is 10.0 Å². The van der Waals surface area contributed by atoms with Gasteiger partial charge in [-0.1, -0.05) is 17.7 Å². The zero-order chi connectivity index (χ0) is 21.0. The summed E-state index contributed by atoms with van der Waals surface area (Å²) in [7, 11) is -3.48. The van der Waals surface area contributed by atoms with Crippen molar-refractivity contribution in [2.75, 3.05) is 19.6 Å². The third-order valence-electron chi connectivity index (χ3n) is 6.91. The van der Waals surface area contributed by atoms with Crippen LogP contribution in [0.5, 0.6) is 0 Å². The summed E-state index contributed by atoms with van der Waals surface area (Å²) in [6, 6.07) is 5.63. The van der Waals surface area contributed by atoms with Gasteiger partial charge in [0.2, 0.25) is 15.9 Å². The topological polar surface area (TPSA) is 66.5 Å². The van der Waals surface area contributed by atoms with Crippen molar-refractivity contribution in [1.29, 1.82) is 0 Å². The largest absolute Gasteiger partial charge is 0.356 e. The first-order valence-corrected chi connectivity index (χ1v) is 13.1. The predicted octanol–water partition coefficient (Wildman–Crippen LogP) is 3.97. The molecule has 1 aliphatic heterocycles. The van der Waals surface area contributed by atoms with E-state index in [1.54, 1.807) is 10.4 Å². The first kappa shape index (κ1) is 21.6. The Morgan fingerprint density at radius 2 is 1.73 bits per heavy atom. The Bertz CT molecular complexity index is 899. The predicted molar refractivity (Wildman–Crippen MR) is 119 cm³/mol. The molecule has 1 aromatic carbocycles. The van der Waals surface area contributed by atoms with Crippen molar-refractivity contribution < 1.29 is 13.2 Å². The first-order valence-electron chi connectivity index (χ1n) is 11.6. The van der Waals surface area contributed by atoms with Gasteiger partial charge in [0.05, 0.1) is 4.90 Å². The average molecular weight is 431 g/mol. The standard InChI is InChI=1S/C24H34N2O3S/c27-24(25-15-12-19-6-2-1-3-7-19)21-13-16-26(17-14-21)30(28,29)23-11-10-20-8-4-5-9-22(20)18-23/h6,10-11,18,21H,1-5,7-9,12-17H2,(H,25,27). The summed E-state index contributed by atoms with van der Waals surface area (Å²) < 4.78 is 27.8. The van der Waals surface area contributed by atoms with Crippen molar-refractivity contribution >= 4 is 15.9 Å². The number of fused-ring (bicyclic) bond motifs is 1. The van der Waals surface area contributed by atoms with Crippen LogP contribution in [0.2, 0.25) is 0 Å². The summed E-state index contributed by atoms with van der Waals surface area (Å²) in [6.07, 6.45) is 13.7. The number of benzene rings is 1. The van der Waals surface area contributed by atoms with E-state index in [1.807, 2.05) is 12.1 Å². The lowest BCUT2D eigenvalue weighted by Gasteiger charge is -2.31. The van der Waals surface area contributed by atoms with Crippen molar-refractivity contribution in [3.63, 3.8) is 0 Å². The van der Waals surface area contributed by atoms with Gasteiger partial charge >= 0.3 is 0 Å². The normalized spacial score (nSPS) is 21.0. The molecule has 0 unspecified atom stereocenters. The molecular weight excluding hydrogens is 396 g/mol. The molecule has 1 fully saturated rings. The number of sulfonamides is 1. The fourth-order valence-electron chi connectivity index (χ4n) is 5.00. The highest BCUT2D eigenvalue weighted by Gasteiger charge is 2.32. The Balaban J connectivity index is 1.29. The van der Waals surface area contributed by atoms with Gasteiger partial charge in [0, 0.05) is 25.6 Å². The van der Waals surface area contributed by atoms with E-state index in [-0.39, 0.29) is 11.8 Å². The van der Waals surface area contributed by atoms with Crippen LogP contribution in [0.4, 0.5) is 0 Å². The van der Waals surface area contributed by atoms with E-state index in [0.717, 1.165) is 32.1 Å². The third kappa shape index (κ3) is 4.97. The van der Waals surface area contributed by atoms with Crippen LogP contribution < -0.4 is 5.32 Å². The molecular formula is C24H34N2O3S. The number of nitrogens with zero attached hydrogens (tertiary/aromatic N) is 1. The van der Waals surface area contributed by atoms with Crippen LogP contribution in [0.1, 0.15) is 68.9 Å². The summed E-state index contributed by atoms with van der Waals surface area (Å²) in [4.78, 5) is 12.9. The minimum atomic E-state index is -3.48. The van der Waals surface area contributed by atoms with Crippen LogP contribution in [0.25, 0.3) is 0 Å². The van der Waals surface area contributed by atoms with E-state index in [9.17, 15) is 13.2 Å². The molecule has 1 heterocycles. The Morgan fingerprint density at radius 1 is 1.00 bits per heavy atom. The van der Waals surface area contributed by atoms with E-state index in [1.165, 1.54) is 42.4 Å². The van der Waals surface area contributed by atoms with Gasteiger partial charge in [-0.15, -0.1) is 0 Å². The summed E-state index contributed by atoms with van der Waals surface area (Å²) >= 11 is 0. The number of hydrogen-bond donors (Lipinski definition) is 1. The molecule has 0 aromatic heterocycles. The second-order valence-electron chi connectivity index (χ2n) is 8.97. The highest BCUT2D eigenvalue weighted by molar-refractivity contribution is 7.89. The van der Waals surface area contributed by atoms with Crippen molar-refractivity contribution in [3.05, 3.63) is 41.0 Å². The fraction of sp³-hybridized carbons (Fsp3) is 0.625. The molecule has 5 nitrogen and oxygen atoms in total. The lowest BCUT2D eigenvalue weighted by atomic mass is 9.92. The lowest BCUT2D eigenvalue weighted by molar-refractivity contribution is -0.126. The zero-order valence-electron chi connectivity index (χ0n) is 17.9. The van der Waals surface area contributed by atoms with Crippen molar-refractivity contribution in [2.45, 2.75) is 75.5 Å². The van der Waals surface area contributed by atoms with Gasteiger partial charge in [-0.3, -0.25) is 4.79 Å². The van der Waals surface area contributed by atoms with Gasteiger partial charge in [0.1, 0.15) is 0 Å². The Morgan fingerprint density at radius 3 is 2.47 bits per heavy atom. The number of amides is 1. The maximum atomic E-state index is 13.1. The van der Waals surface area contributed by atoms with Crippen LogP contribution in [-0.2, 0) is 27.7 Å². The number of hydrogen-bond acceptors (Lipinski definition) is 3. The van der Waals surface area contributed by atoms with E-state index >= 15 is 0 Å². The quantitative estimate of drug-likeness (QED) is 0.695. The highest BCUT2D eigenvalue weighted by Crippen LogP contribution is 2.28. The maximum absolute atomic E-state index is 13.1. The molecule has 1 aromatic rings. The van der Waals surface area contributed by atoms with Crippen molar-refractivity contribution in [3.8, 4) is 0 Å². The Labute approximate surface area is 181 Å². The minimum Gasteiger partial charge on any atom is -0.356 e. The van der Waals surface area contributed by atoms with Gasteiger partial charge in [-0.05, 0) is 93.9 Å². The van der Waals surface area contributed by atoms with Crippen LogP contribution in [0, 0.1) is 5.92 Å². The molecule has 3 aliphatic rings. The summed E-state index contributed by atoms with van der Waals surface area (Å²) in [5, 5.41) is 3.07. The monoisotopic (exact) mass is 430 g/mol. The van der Waals surface area contributed by atoms with Crippen LogP contribution in [0.3, 0.4) is 0 Å². The van der Waals surface area contributed by atoms with E-state index in [4.69, 9.17) is 0 Å². The molecule has 0 saturated carbocycles. The second kappa shape index (κ2) is 9.65. The number of rotatable bonds is 6. The summed E-state index contributed by atoms with van der Waals surface area (Å²) in [5.74, 6) is -0.00226. The molecule has 0 bridgehead atoms. The minimum absolute atomic E-state index is 0.0808. The molecule has 2 aliphatic carbocycles. The number of carbonyl (C=O) groups excluding carboxylic acids is 1. The average Bonchev–Trinajstić information content (AvgIpc) is 2.79. The van der Waals surface area contributed by atoms with Gasteiger partial charge in [0.25, 0.3) is 0 Å². The smallest absolute Gasteiger partial charge is 0.243 e. The molecule has 1 N–H and O–H groups in total. The lowest BCUT2D eigenvalue weighted by Crippen LogP contribution is -2.43. The van der Waals surface area contributed by atoms with Crippen LogP contribution in [0.15, 0.2) is 34.7 Å². The van der Waals surface area contributed by atoms with E-state index in [0.29, 0.717) is 37.4 Å². The van der Waals surface area contributed by atoms with Gasteiger partial charge in [0.15, 0.2) is 0 Å². The van der Waals surface area contributed by atoms with Crippen molar-refractivity contribution in [2.24, 2.45) is 5.92 Å². The molecule has 6 heteroatoms. The molecule has 4 rings (SSSR count). The summed E-state index contributed by atoms with van der Waals surface area (Å²) in [5.41, 5.74) is 3.94. The maximum Gasteiger partial charge on any atom is 0.243 e. The molecule has 30 heavy (non-hydrogen) atoms. The van der Waals surface area contributed by atoms with Crippen LogP contribution in [-0.4, -0.2) is 38.3 Å². The third-order valence-corrected chi connectivity index (χ3v) is 8.81. The van der Waals surface area contributed by atoms with Crippen molar-refractivity contribution in [1.82, 2.24) is 9.62 Å². The molecule has 1 amide bonds. The molecule has 0 spiro atoms. The fourth-order valence-corrected chi connectivity index (χ4v) is 6.52. The van der Waals surface area contributed by atoms with Gasteiger partial charge in [-0.25, -0.2) is 8.42 Å². The number of carbonyl (C=O) groups is 1. The highest BCUT2D eigenvalue weighted by atomic mass is 32.2. The zero-order valence-corrected chi connectivity index (χ0v) is 18.7. The molecule has 0 atom stereocenters. The van der Waals surface area contributed by atoms with Crippen LogP contribution >= 0.6 is 0 Å².